The lowest BCUT2D eigenvalue weighted by molar-refractivity contribution is -0.0362. The molecule has 0 amide bonds. The Morgan fingerprint density at radius 1 is 1.17 bits per heavy atom. The number of aromatic amines is 1. The van der Waals surface area contributed by atoms with Crippen molar-refractivity contribution < 1.29 is 23.4 Å². The lowest BCUT2D eigenvalue weighted by atomic mass is 10.0. The number of aromatic nitrogens is 4. The molecule has 0 aliphatic carbocycles. The van der Waals surface area contributed by atoms with Crippen molar-refractivity contribution in [2.45, 2.75) is 12.1 Å². The molecule has 0 bridgehead atoms. The number of ether oxygens (including phenoxy) is 1. The zero-order valence-corrected chi connectivity index (χ0v) is 23.0. The van der Waals surface area contributed by atoms with Crippen LogP contribution in [0.4, 0.5) is 20.2 Å². The average Bonchev–Trinajstić information content (AvgIpc) is 3.59. The van der Waals surface area contributed by atoms with Crippen molar-refractivity contribution >= 4 is 50.3 Å². The maximum Gasteiger partial charge on any atom is 0.341 e. The summed E-state index contributed by atoms with van der Waals surface area (Å²) in [6.07, 6.45) is 4.33. The largest absolute Gasteiger partial charge is 0.477 e. The molecule has 216 valence electrons. The van der Waals surface area contributed by atoms with Crippen LogP contribution in [0.3, 0.4) is 0 Å². The highest BCUT2D eigenvalue weighted by Crippen LogP contribution is 2.44. The predicted molar refractivity (Wildman–Crippen MR) is 154 cm³/mol. The molecule has 0 spiro atoms. The minimum absolute atomic E-state index is 0.0562. The number of fused-ring (bicyclic) bond motifs is 5. The molecule has 3 N–H and O–H groups in total. The molecule has 2 saturated heterocycles. The topological polar surface area (TPSA) is 129 Å². The van der Waals surface area contributed by atoms with Gasteiger partial charge in [0.2, 0.25) is 5.43 Å². The normalized spacial score (nSPS) is 19.2. The van der Waals surface area contributed by atoms with Crippen LogP contribution in [0.5, 0.6) is 0 Å². The van der Waals surface area contributed by atoms with Gasteiger partial charge in [-0.2, -0.15) is 0 Å². The third kappa shape index (κ3) is 3.77. The van der Waals surface area contributed by atoms with E-state index in [1.807, 2.05) is 7.05 Å². The zero-order chi connectivity index (χ0) is 29.4. The van der Waals surface area contributed by atoms with E-state index in [-0.39, 0.29) is 28.5 Å². The first-order valence-electron chi connectivity index (χ1n) is 13.5. The number of nitrogens with one attached hydrogen (secondary N) is 2. The molecule has 13 heteroatoms. The highest BCUT2D eigenvalue weighted by molar-refractivity contribution is 6.18. The molecule has 2 fully saturated rings. The molecular formula is C29H27F2N7O4. The lowest BCUT2D eigenvalue weighted by Gasteiger charge is -2.33. The first-order valence-corrected chi connectivity index (χ1v) is 13.5. The first-order chi connectivity index (χ1) is 20.2. The van der Waals surface area contributed by atoms with Crippen molar-refractivity contribution in [1.29, 1.82) is 0 Å². The summed E-state index contributed by atoms with van der Waals surface area (Å²) >= 11 is 0. The van der Waals surface area contributed by atoms with Crippen molar-refractivity contribution in [3.8, 4) is 11.1 Å². The number of pyridine rings is 3. The number of likely N-dealkylation sites (N-methyl/N-ethyl adjacent to an activating group) is 1. The summed E-state index contributed by atoms with van der Waals surface area (Å²) in [5, 5.41) is 13.1. The minimum atomic E-state index is -1.34. The van der Waals surface area contributed by atoms with E-state index in [2.05, 4.69) is 30.1 Å². The van der Waals surface area contributed by atoms with Crippen LogP contribution in [0.15, 0.2) is 35.5 Å². The Morgan fingerprint density at radius 3 is 2.71 bits per heavy atom. The van der Waals surface area contributed by atoms with Crippen molar-refractivity contribution in [3.63, 3.8) is 0 Å². The summed E-state index contributed by atoms with van der Waals surface area (Å²) in [5.41, 5.74) is 2.00. The number of H-pyrrole nitrogens is 1. The van der Waals surface area contributed by atoms with Crippen molar-refractivity contribution in [1.82, 2.24) is 24.4 Å². The van der Waals surface area contributed by atoms with E-state index in [4.69, 9.17) is 4.74 Å². The fraction of sp³-hybridized carbons (Fsp3) is 0.310. The lowest BCUT2D eigenvalue weighted by Crippen LogP contribution is -2.48. The molecule has 0 saturated carbocycles. The van der Waals surface area contributed by atoms with Crippen LogP contribution in [-0.2, 0) is 11.8 Å². The van der Waals surface area contributed by atoms with E-state index in [0.29, 0.717) is 64.4 Å². The van der Waals surface area contributed by atoms with Gasteiger partial charge in [-0.25, -0.2) is 23.5 Å². The summed E-state index contributed by atoms with van der Waals surface area (Å²) in [6, 6.07) is 2.76. The number of anilines is 2. The van der Waals surface area contributed by atoms with Gasteiger partial charge in [0, 0.05) is 69.5 Å². The summed E-state index contributed by atoms with van der Waals surface area (Å²) in [4.78, 5) is 41.5. The third-order valence-electron chi connectivity index (χ3n) is 8.48. The van der Waals surface area contributed by atoms with Crippen LogP contribution < -0.4 is 15.6 Å². The monoisotopic (exact) mass is 575 g/mol. The van der Waals surface area contributed by atoms with Crippen LogP contribution >= 0.6 is 0 Å². The number of hydrogen-bond donors (Lipinski definition) is 3. The van der Waals surface area contributed by atoms with Gasteiger partial charge in [-0.05, 0) is 13.1 Å². The Bertz CT molecular complexity index is 2010. The van der Waals surface area contributed by atoms with E-state index in [9.17, 15) is 19.1 Å². The van der Waals surface area contributed by atoms with E-state index in [1.54, 1.807) is 32.6 Å². The number of rotatable bonds is 4. The number of nitrogens with zero attached hydrogens (tertiary/aromatic N) is 5. The smallest absolute Gasteiger partial charge is 0.341 e. The second-order valence-corrected chi connectivity index (χ2v) is 10.8. The van der Waals surface area contributed by atoms with Crippen LogP contribution in [0, 0.1) is 11.6 Å². The molecule has 2 aliphatic heterocycles. The molecule has 1 aromatic carbocycles. The fourth-order valence-electron chi connectivity index (χ4n) is 6.38. The Labute approximate surface area is 237 Å². The molecule has 6 heterocycles. The van der Waals surface area contributed by atoms with Crippen LogP contribution in [0.2, 0.25) is 0 Å². The van der Waals surface area contributed by atoms with Gasteiger partial charge in [-0.3, -0.25) is 9.69 Å². The first kappa shape index (κ1) is 26.3. The molecule has 42 heavy (non-hydrogen) atoms. The molecule has 7 rings (SSSR count). The molecule has 5 aromatic rings. The molecule has 4 aromatic heterocycles. The van der Waals surface area contributed by atoms with Crippen molar-refractivity contribution in [2.75, 3.05) is 50.6 Å². The Balaban J connectivity index is 1.54. The number of aryl methyl sites for hydroxylation is 1. The van der Waals surface area contributed by atoms with Crippen molar-refractivity contribution in [2.24, 2.45) is 7.05 Å². The summed E-state index contributed by atoms with van der Waals surface area (Å²) in [6.45, 7) is 2.42. The van der Waals surface area contributed by atoms with Gasteiger partial charge in [0.1, 0.15) is 16.9 Å². The van der Waals surface area contributed by atoms with Gasteiger partial charge in [-0.15, -0.1) is 0 Å². The van der Waals surface area contributed by atoms with Gasteiger partial charge in [-0.1, -0.05) is 0 Å². The van der Waals surface area contributed by atoms with Crippen molar-refractivity contribution in [3.05, 3.63) is 58.1 Å². The standard InChI is InChI=1S/C29H27F2N7O4/c1-32-18-7-17(30)23(31)21-22-25(38-11-19-20(12-38)42-5-4-36(19)2)15(9-33-27(22)35-24(18)21)13-6-14-26(39)16(29(40)41)10-37(3)28(14)34-8-13/h6-10,19-20,32H,4-5,11-12H2,1-3H3,(H,33,35)(H,40,41)/t19-,20-/m1/s1. The van der Waals surface area contributed by atoms with Gasteiger partial charge in [0.25, 0.3) is 0 Å². The molecule has 0 radical (unpaired) electrons. The Kier molecular flexibility index (Phi) is 5.92. The zero-order valence-electron chi connectivity index (χ0n) is 23.0. The molecule has 2 aliphatic rings. The average molecular weight is 576 g/mol. The van der Waals surface area contributed by atoms with Gasteiger partial charge < -0.3 is 29.6 Å². The number of benzene rings is 1. The maximum atomic E-state index is 15.6. The number of halogens is 2. The predicted octanol–water partition coefficient (Wildman–Crippen LogP) is 3.17. The van der Waals surface area contributed by atoms with E-state index >= 15 is 4.39 Å². The second-order valence-electron chi connectivity index (χ2n) is 10.8. The SMILES string of the molecule is CNc1cc(F)c(F)c2c1[nH]c1ncc(-c3cnc4c(c3)c(=O)c(C(=O)O)cn4C)c(N3C[C@@H]4[C@@H](C3)OCCN4C)c12. The van der Waals surface area contributed by atoms with Gasteiger partial charge in [0.15, 0.2) is 11.6 Å². The van der Waals surface area contributed by atoms with Crippen LogP contribution in [0.1, 0.15) is 10.4 Å². The fourth-order valence-corrected chi connectivity index (χ4v) is 6.38. The maximum absolute atomic E-state index is 15.6. The van der Waals surface area contributed by atoms with Gasteiger partial charge >= 0.3 is 5.97 Å². The Hall–Kier alpha value is -4.62. The van der Waals surface area contributed by atoms with Crippen LogP contribution in [-0.4, -0.2) is 88.0 Å². The Morgan fingerprint density at radius 2 is 1.98 bits per heavy atom. The van der Waals surface area contributed by atoms with Crippen LogP contribution in [0.25, 0.3) is 44.1 Å². The number of hydrogen-bond acceptors (Lipinski definition) is 8. The quantitative estimate of drug-likeness (QED) is 0.296. The van der Waals surface area contributed by atoms with E-state index < -0.39 is 23.0 Å². The molecule has 11 nitrogen and oxygen atoms in total. The number of carboxylic acids is 1. The summed E-state index contributed by atoms with van der Waals surface area (Å²) < 4.78 is 38.1. The highest BCUT2D eigenvalue weighted by atomic mass is 19.2. The highest BCUT2D eigenvalue weighted by Gasteiger charge is 2.40. The van der Waals surface area contributed by atoms with E-state index in [1.165, 1.54) is 10.8 Å². The number of carboxylic acid groups (broad SMARTS) is 1. The molecule has 2 atom stereocenters. The van der Waals surface area contributed by atoms with Gasteiger partial charge in [0.05, 0.1) is 51.8 Å². The molecular weight excluding hydrogens is 548 g/mol. The number of morpholine rings is 1. The third-order valence-corrected chi connectivity index (χ3v) is 8.48. The second kappa shape index (κ2) is 9.46. The minimum Gasteiger partial charge on any atom is -0.477 e. The number of carbonyl (C=O) groups is 1. The summed E-state index contributed by atoms with van der Waals surface area (Å²) in [7, 11) is 5.28. The molecule has 0 unspecified atom stereocenters. The number of aromatic carboxylic acids is 1. The summed E-state index contributed by atoms with van der Waals surface area (Å²) in [5.74, 6) is -3.34. The van der Waals surface area contributed by atoms with E-state index in [0.717, 1.165) is 12.6 Å².